The van der Waals surface area contributed by atoms with E-state index in [1.165, 1.54) is 37.1 Å². The van der Waals surface area contributed by atoms with E-state index in [1.807, 2.05) is 61.5 Å². The van der Waals surface area contributed by atoms with E-state index in [0.29, 0.717) is 42.2 Å². The smallest absolute Gasteiger partial charge is 0.341 e. The number of anilines is 2. The van der Waals surface area contributed by atoms with Crippen LogP contribution >= 0.6 is 23.1 Å². The number of esters is 1. The maximum absolute atomic E-state index is 13.8. The van der Waals surface area contributed by atoms with Gasteiger partial charge in [-0.05, 0) is 42.2 Å². The van der Waals surface area contributed by atoms with Crippen molar-refractivity contribution in [3.63, 3.8) is 0 Å². The minimum absolute atomic E-state index is 0.0337. The molecule has 40 heavy (non-hydrogen) atoms. The van der Waals surface area contributed by atoms with E-state index in [9.17, 15) is 19.2 Å². The van der Waals surface area contributed by atoms with Crippen molar-refractivity contribution < 1.29 is 23.9 Å². The van der Waals surface area contributed by atoms with E-state index in [-0.39, 0.29) is 17.7 Å². The summed E-state index contributed by atoms with van der Waals surface area (Å²) in [5, 5.41) is 5.72. The van der Waals surface area contributed by atoms with E-state index in [4.69, 9.17) is 4.74 Å². The molecule has 210 valence electrons. The molecule has 0 aliphatic carbocycles. The van der Waals surface area contributed by atoms with Gasteiger partial charge in [0.15, 0.2) is 0 Å². The number of methoxy groups -OCH3 is 1. The van der Waals surface area contributed by atoms with Crippen molar-refractivity contribution in [3.8, 4) is 0 Å². The molecule has 1 aromatic heterocycles. The molecule has 8 nitrogen and oxygen atoms in total. The number of carbonyl (C=O) groups is 4. The molecule has 2 N–H and O–H groups in total. The van der Waals surface area contributed by atoms with E-state index < -0.39 is 11.2 Å². The lowest BCUT2D eigenvalue weighted by Crippen LogP contribution is -2.33. The first kappa shape index (κ1) is 29.4. The van der Waals surface area contributed by atoms with Crippen LogP contribution in [0.3, 0.4) is 0 Å². The van der Waals surface area contributed by atoms with Gasteiger partial charge in [0.2, 0.25) is 17.7 Å². The maximum Gasteiger partial charge on any atom is 0.341 e. The van der Waals surface area contributed by atoms with Crippen LogP contribution in [0.2, 0.25) is 0 Å². The lowest BCUT2D eigenvalue weighted by atomic mass is 10.0. The molecule has 1 aliphatic heterocycles. The fraction of sp³-hybridized carbons (Fsp3) is 0.333. The Morgan fingerprint density at radius 2 is 1.85 bits per heavy atom. The predicted molar refractivity (Wildman–Crippen MR) is 159 cm³/mol. The SMILES string of the molecule is CCCCC(=O)Nc1cccc(SC(C(=O)Nc2sc3c(c2C(=O)OC)CCN(C(C)=O)C3)c2ccccc2)c1. The number of nitrogens with one attached hydrogen (secondary N) is 2. The summed E-state index contributed by atoms with van der Waals surface area (Å²) in [4.78, 5) is 54.3. The van der Waals surface area contributed by atoms with Crippen LogP contribution in [-0.4, -0.2) is 42.2 Å². The normalized spacial score (nSPS) is 13.2. The third kappa shape index (κ3) is 7.11. The van der Waals surface area contributed by atoms with Gasteiger partial charge in [-0.15, -0.1) is 23.1 Å². The zero-order valence-corrected chi connectivity index (χ0v) is 24.5. The second-order valence-corrected chi connectivity index (χ2v) is 11.8. The van der Waals surface area contributed by atoms with E-state index >= 15 is 0 Å². The number of thioether (sulfide) groups is 1. The van der Waals surface area contributed by atoms with Gasteiger partial charge in [-0.2, -0.15) is 0 Å². The highest BCUT2D eigenvalue weighted by molar-refractivity contribution is 8.00. The molecule has 0 saturated carbocycles. The summed E-state index contributed by atoms with van der Waals surface area (Å²) in [5.41, 5.74) is 2.64. The van der Waals surface area contributed by atoms with Gasteiger partial charge in [0.25, 0.3) is 0 Å². The van der Waals surface area contributed by atoms with Crippen LogP contribution in [0.4, 0.5) is 10.7 Å². The molecule has 1 atom stereocenters. The number of hydrogen-bond acceptors (Lipinski definition) is 7. The average Bonchev–Trinajstić information content (AvgIpc) is 3.31. The van der Waals surface area contributed by atoms with Gasteiger partial charge >= 0.3 is 5.97 Å². The van der Waals surface area contributed by atoms with E-state index in [1.54, 1.807) is 4.90 Å². The number of fused-ring (bicyclic) bond motifs is 1. The van der Waals surface area contributed by atoms with E-state index in [0.717, 1.165) is 33.7 Å². The van der Waals surface area contributed by atoms with Gasteiger partial charge in [-0.1, -0.05) is 49.7 Å². The number of ether oxygens (including phenoxy) is 1. The highest BCUT2D eigenvalue weighted by Gasteiger charge is 2.31. The van der Waals surface area contributed by atoms with Crippen LogP contribution in [0.15, 0.2) is 59.5 Å². The standard InChI is InChI=1S/C30H33N3O5S2/c1-4-5-14-25(35)31-21-12-9-13-22(17-21)39-27(20-10-7-6-8-11-20)28(36)32-29-26(30(37)38-3)23-15-16-33(19(2)34)18-24(23)40-29/h6-13,17,27H,4-5,14-16,18H2,1-3H3,(H,31,35)(H,32,36). The molecule has 0 fully saturated rings. The van der Waals surface area contributed by atoms with Crippen molar-refractivity contribution in [3.05, 3.63) is 76.2 Å². The molecular weight excluding hydrogens is 546 g/mol. The number of rotatable bonds is 10. The number of amides is 3. The maximum atomic E-state index is 13.8. The molecule has 1 unspecified atom stereocenters. The number of benzene rings is 2. The Morgan fingerprint density at radius 1 is 1.07 bits per heavy atom. The number of thiophene rings is 1. The quantitative estimate of drug-likeness (QED) is 0.224. The summed E-state index contributed by atoms with van der Waals surface area (Å²) >= 11 is 2.67. The third-order valence-electron chi connectivity index (χ3n) is 6.60. The van der Waals surface area contributed by atoms with Crippen molar-refractivity contribution in [2.24, 2.45) is 0 Å². The van der Waals surface area contributed by atoms with Crippen molar-refractivity contribution in [1.82, 2.24) is 4.90 Å². The Kier molecular flexibility index (Phi) is 10.0. The molecule has 2 aromatic carbocycles. The first-order valence-corrected chi connectivity index (χ1v) is 14.9. The molecule has 3 amide bonds. The highest BCUT2D eigenvalue weighted by Crippen LogP contribution is 2.41. The zero-order valence-electron chi connectivity index (χ0n) is 22.8. The van der Waals surface area contributed by atoms with Crippen LogP contribution in [-0.2, 0) is 32.1 Å². The Hall–Kier alpha value is -3.63. The summed E-state index contributed by atoms with van der Waals surface area (Å²) in [6.07, 6.45) is 2.74. The van der Waals surface area contributed by atoms with Gasteiger partial charge in [-0.3, -0.25) is 14.4 Å². The number of carbonyl (C=O) groups excluding carboxylic acids is 4. The van der Waals surface area contributed by atoms with Gasteiger partial charge in [0, 0.05) is 35.3 Å². The molecule has 2 heterocycles. The summed E-state index contributed by atoms with van der Waals surface area (Å²) in [5.74, 6) is -0.879. The summed E-state index contributed by atoms with van der Waals surface area (Å²) < 4.78 is 5.06. The van der Waals surface area contributed by atoms with Crippen molar-refractivity contribution in [2.75, 3.05) is 24.3 Å². The molecule has 1 aliphatic rings. The highest BCUT2D eigenvalue weighted by atomic mass is 32.2. The second kappa shape index (κ2) is 13.6. The molecule has 3 aromatic rings. The lowest BCUT2D eigenvalue weighted by molar-refractivity contribution is -0.129. The topological polar surface area (TPSA) is 105 Å². The molecule has 0 spiro atoms. The van der Waals surface area contributed by atoms with Gasteiger partial charge < -0.3 is 20.3 Å². The molecule has 4 rings (SSSR count). The van der Waals surface area contributed by atoms with Crippen LogP contribution in [0.1, 0.15) is 64.7 Å². The summed E-state index contributed by atoms with van der Waals surface area (Å²) in [6, 6.07) is 16.8. The minimum atomic E-state index is -0.634. The Balaban J connectivity index is 1.61. The van der Waals surface area contributed by atoms with Crippen molar-refractivity contribution in [1.29, 1.82) is 0 Å². The molecule has 0 bridgehead atoms. The van der Waals surface area contributed by atoms with Crippen LogP contribution in [0.25, 0.3) is 0 Å². The first-order chi connectivity index (χ1) is 19.3. The van der Waals surface area contributed by atoms with Gasteiger partial charge in [0.05, 0.1) is 19.2 Å². The van der Waals surface area contributed by atoms with Crippen LogP contribution < -0.4 is 10.6 Å². The third-order valence-corrected chi connectivity index (χ3v) is 8.98. The Morgan fingerprint density at radius 3 is 2.55 bits per heavy atom. The van der Waals surface area contributed by atoms with Crippen molar-refractivity contribution >= 4 is 57.5 Å². The van der Waals surface area contributed by atoms with Crippen LogP contribution in [0, 0.1) is 0 Å². The lowest BCUT2D eigenvalue weighted by Gasteiger charge is -2.25. The Bertz CT molecular complexity index is 1390. The summed E-state index contributed by atoms with van der Waals surface area (Å²) in [6.45, 7) is 4.46. The fourth-order valence-electron chi connectivity index (χ4n) is 4.50. The van der Waals surface area contributed by atoms with Crippen molar-refractivity contribution in [2.45, 2.75) is 56.2 Å². The fourth-order valence-corrected chi connectivity index (χ4v) is 6.84. The zero-order chi connectivity index (χ0) is 28.6. The average molecular weight is 580 g/mol. The largest absolute Gasteiger partial charge is 0.465 e. The first-order valence-electron chi connectivity index (χ1n) is 13.2. The van der Waals surface area contributed by atoms with Crippen LogP contribution in [0.5, 0.6) is 0 Å². The molecule has 0 saturated heterocycles. The Labute approximate surface area is 242 Å². The van der Waals surface area contributed by atoms with Gasteiger partial charge in [-0.25, -0.2) is 4.79 Å². The predicted octanol–water partition coefficient (Wildman–Crippen LogP) is 6.04. The number of hydrogen-bond donors (Lipinski definition) is 2. The number of unbranched alkanes of at least 4 members (excludes halogenated alkanes) is 1. The molecular formula is C30H33N3O5S2. The summed E-state index contributed by atoms with van der Waals surface area (Å²) in [7, 11) is 1.32. The second-order valence-electron chi connectivity index (χ2n) is 9.47. The number of nitrogens with zero attached hydrogens (tertiary/aromatic N) is 1. The molecule has 10 heteroatoms. The minimum Gasteiger partial charge on any atom is -0.465 e. The monoisotopic (exact) mass is 579 g/mol. The molecule has 0 radical (unpaired) electrons. The van der Waals surface area contributed by atoms with E-state index in [2.05, 4.69) is 10.6 Å². The van der Waals surface area contributed by atoms with Gasteiger partial charge in [0.1, 0.15) is 10.3 Å².